The first-order valence-electron chi connectivity index (χ1n) is 9.45. The predicted molar refractivity (Wildman–Crippen MR) is 112 cm³/mol. The van der Waals surface area contributed by atoms with Crippen molar-refractivity contribution < 1.29 is 17.9 Å². The quantitative estimate of drug-likeness (QED) is 0.551. The molecule has 0 fully saturated rings. The molecule has 1 N–H and O–H groups in total. The number of amides is 1. The smallest absolute Gasteiger partial charge is 0.243 e. The van der Waals surface area contributed by atoms with Gasteiger partial charge in [0, 0.05) is 14.2 Å². The largest absolute Gasteiger partial charge is 0.383 e. The Kier molecular flexibility index (Phi) is 6.80. The van der Waals surface area contributed by atoms with Crippen molar-refractivity contribution in [3.8, 4) is 0 Å². The highest BCUT2D eigenvalue weighted by Crippen LogP contribution is 2.20. The molecular formula is C20H25N5O4S. The molecule has 3 aromatic rings. The molecule has 0 saturated carbocycles. The Balaban J connectivity index is 1.70. The third kappa shape index (κ3) is 4.84. The van der Waals surface area contributed by atoms with Crippen LogP contribution in [0.5, 0.6) is 0 Å². The highest BCUT2D eigenvalue weighted by atomic mass is 32.2. The van der Waals surface area contributed by atoms with Gasteiger partial charge in [-0.1, -0.05) is 35.5 Å². The lowest BCUT2D eigenvalue weighted by Gasteiger charge is -2.19. The Hall–Kier alpha value is -2.82. The molecule has 0 spiro atoms. The molecule has 10 heteroatoms. The van der Waals surface area contributed by atoms with E-state index in [2.05, 4.69) is 15.6 Å². The molecule has 1 unspecified atom stereocenters. The molecule has 0 saturated heterocycles. The maximum atomic E-state index is 12.9. The molecule has 9 nitrogen and oxygen atoms in total. The second kappa shape index (κ2) is 9.33. The number of fused-ring (bicyclic) bond motifs is 1. The predicted octanol–water partition coefficient (Wildman–Crippen LogP) is 1.58. The van der Waals surface area contributed by atoms with E-state index in [9.17, 15) is 13.2 Å². The second-order valence-corrected chi connectivity index (χ2v) is 8.96. The number of methoxy groups -OCH3 is 1. The lowest BCUT2D eigenvalue weighted by molar-refractivity contribution is -0.121. The maximum absolute atomic E-state index is 12.9. The molecule has 0 aliphatic heterocycles. The van der Waals surface area contributed by atoms with Gasteiger partial charge in [0.1, 0.15) is 5.52 Å². The van der Waals surface area contributed by atoms with Gasteiger partial charge in [0.15, 0.2) is 0 Å². The van der Waals surface area contributed by atoms with Crippen LogP contribution in [0.15, 0.2) is 53.4 Å². The summed E-state index contributed by atoms with van der Waals surface area (Å²) in [6, 6.07) is 13.9. The van der Waals surface area contributed by atoms with Crippen LogP contribution in [0, 0.1) is 0 Å². The Morgan fingerprint density at radius 3 is 2.67 bits per heavy atom. The first-order valence-corrected chi connectivity index (χ1v) is 10.9. The number of aromatic nitrogens is 3. The molecule has 2 aromatic carbocycles. The van der Waals surface area contributed by atoms with Crippen LogP contribution < -0.4 is 5.32 Å². The summed E-state index contributed by atoms with van der Waals surface area (Å²) in [7, 11) is -0.892. The molecule has 1 aromatic heterocycles. The van der Waals surface area contributed by atoms with E-state index >= 15 is 0 Å². The minimum absolute atomic E-state index is 0.0557. The first kappa shape index (κ1) is 21.9. The van der Waals surface area contributed by atoms with E-state index in [-0.39, 0.29) is 23.4 Å². The van der Waals surface area contributed by atoms with Crippen molar-refractivity contribution in [2.24, 2.45) is 0 Å². The third-order valence-electron chi connectivity index (χ3n) is 4.74. The highest BCUT2D eigenvalue weighted by molar-refractivity contribution is 7.89. The molecular weight excluding hydrogens is 406 g/mol. The number of nitrogens with one attached hydrogen (secondary N) is 1. The average Bonchev–Trinajstić information content (AvgIpc) is 3.14. The van der Waals surface area contributed by atoms with Gasteiger partial charge in [-0.05, 0) is 30.7 Å². The van der Waals surface area contributed by atoms with E-state index in [0.29, 0.717) is 24.2 Å². The molecule has 30 heavy (non-hydrogen) atoms. The van der Waals surface area contributed by atoms with E-state index in [1.54, 1.807) is 17.9 Å². The van der Waals surface area contributed by atoms with Crippen molar-refractivity contribution in [2.45, 2.75) is 24.4 Å². The fourth-order valence-corrected chi connectivity index (χ4v) is 4.18. The van der Waals surface area contributed by atoms with Crippen LogP contribution in [0.1, 0.15) is 18.5 Å². The zero-order valence-corrected chi connectivity index (χ0v) is 18.0. The SMILES string of the molecule is COCCn1nnc2cc(S(=O)(=O)N(C)CC(=O)NC(C)c3ccccc3)ccc21. The fraction of sp³-hybridized carbons (Fsp3) is 0.350. The zero-order chi connectivity index (χ0) is 21.7. The molecule has 1 heterocycles. The average molecular weight is 432 g/mol. The van der Waals surface area contributed by atoms with Gasteiger partial charge in [-0.15, -0.1) is 5.10 Å². The van der Waals surface area contributed by atoms with Crippen LogP contribution in [-0.4, -0.2) is 60.9 Å². The molecule has 0 aliphatic rings. The Morgan fingerprint density at radius 2 is 1.97 bits per heavy atom. The minimum atomic E-state index is -3.86. The number of rotatable bonds is 9. The zero-order valence-electron chi connectivity index (χ0n) is 17.1. The van der Waals surface area contributed by atoms with Crippen LogP contribution in [0.2, 0.25) is 0 Å². The molecule has 3 rings (SSSR count). The van der Waals surface area contributed by atoms with E-state index in [4.69, 9.17) is 4.74 Å². The van der Waals surface area contributed by atoms with E-state index < -0.39 is 10.0 Å². The summed E-state index contributed by atoms with van der Waals surface area (Å²) in [6.45, 7) is 2.54. The van der Waals surface area contributed by atoms with Crippen molar-refractivity contribution >= 4 is 27.0 Å². The van der Waals surface area contributed by atoms with Crippen LogP contribution in [0.4, 0.5) is 0 Å². The van der Waals surface area contributed by atoms with Gasteiger partial charge in [-0.3, -0.25) is 4.79 Å². The molecule has 0 aliphatic carbocycles. The van der Waals surface area contributed by atoms with Crippen molar-refractivity contribution in [1.82, 2.24) is 24.6 Å². The minimum Gasteiger partial charge on any atom is -0.383 e. The van der Waals surface area contributed by atoms with Crippen molar-refractivity contribution in [3.63, 3.8) is 0 Å². The Labute approximate surface area is 175 Å². The number of likely N-dealkylation sites (N-methyl/N-ethyl adjacent to an activating group) is 1. The Bertz CT molecular complexity index is 1110. The van der Waals surface area contributed by atoms with Gasteiger partial charge in [-0.2, -0.15) is 4.31 Å². The monoisotopic (exact) mass is 431 g/mol. The van der Waals surface area contributed by atoms with E-state index in [0.717, 1.165) is 9.87 Å². The molecule has 1 atom stereocenters. The number of nitrogens with zero attached hydrogens (tertiary/aromatic N) is 4. The molecule has 160 valence electrons. The number of hydrogen-bond acceptors (Lipinski definition) is 6. The van der Waals surface area contributed by atoms with Gasteiger partial charge >= 0.3 is 0 Å². The normalized spacial score (nSPS) is 12.9. The van der Waals surface area contributed by atoms with E-state index in [1.807, 2.05) is 37.3 Å². The fourth-order valence-electron chi connectivity index (χ4n) is 3.03. The number of sulfonamides is 1. The molecule has 0 bridgehead atoms. The number of ether oxygens (including phenoxy) is 1. The third-order valence-corrected chi connectivity index (χ3v) is 6.54. The van der Waals surface area contributed by atoms with Crippen molar-refractivity contribution in [3.05, 3.63) is 54.1 Å². The number of carbonyl (C=O) groups is 1. The van der Waals surface area contributed by atoms with Crippen LogP contribution in [0.25, 0.3) is 11.0 Å². The second-order valence-electron chi connectivity index (χ2n) is 6.92. The topological polar surface area (TPSA) is 106 Å². The summed E-state index contributed by atoms with van der Waals surface area (Å²) in [5.41, 5.74) is 2.11. The van der Waals surface area contributed by atoms with Crippen LogP contribution in [-0.2, 0) is 26.1 Å². The van der Waals surface area contributed by atoms with Crippen molar-refractivity contribution in [2.75, 3.05) is 27.3 Å². The lowest BCUT2D eigenvalue weighted by atomic mass is 10.1. The number of carbonyl (C=O) groups excluding carboxylic acids is 1. The summed E-state index contributed by atoms with van der Waals surface area (Å²) in [6.07, 6.45) is 0. The van der Waals surface area contributed by atoms with Crippen molar-refractivity contribution in [1.29, 1.82) is 0 Å². The summed E-state index contributed by atoms with van der Waals surface area (Å²) in [5, 5.41) is 10.9. The van der Waals surface area contributed by atoms with Crippen LogP contribution >= 0.6 is 0 Å². The van der Waals surface area contributed by atoms with Gasteiger partial charge in [0.05, 0.1) is 36.2 Å². The first-order chi connectivity index (χ1) is 14.3. The summed E-state index contributed by atoms with van der Waals surface area (Å²) < 4.78 is 33.5. The highest BCUT2D eigenvalue weighted by Gasteiger charge is 2.24. The summed E-state index contributed by atoms with van der Waals surface area (Å²) in [4.78, 5) is 12.4. The maximum Gasteiger partial charge on any atom is 0.243 e. The summed E-state index contributed by atoms with van der Waals surface area (Å²) in [5.74, 6) is -0.385. The van der Waals surface area contributed by atoms with Gasteiger partial charge in [-0.25, -0.2) is 13.1 Å². The molecule has 1 amide bonds. The number of hydrogen-bond donors (Lipinski definition) is 1. The Morgan fingerprint density at radius 1 is 1.23 bits per heavy atom. The standard InChI is InChI=1S/C20H25N5O4S/c1-15(16-7-5-4-6-8-16)21-20(26)14-24(2)30(27,28)17-9-10-19-18(13-17)22-23-25(19)11-12-29-3/h4-10,13,15H,11-12,14H2,1-3H3,(H,21,26). The van der Waals surface area contributed by atoms with Gasteiger partial charge in [0.2, 0.25) is 15.9 Å². The number of benzene rings is 2. The van der Waals surface area contributed by atoms with Gasteiger partial charge < -0.3 is 10.1 Å². The van der Waals surface area contributed by atoms with E-state index in [1.165, 1.54) is 19.2 Å². The van der Waals surface area contributed by atoms with Crippen LogP contribution in [0.3, 0.4) is 0 Å². The van der Waals surface area contributed by atoms with Gasteiger partial charge in [0.25, 0.3) is 0 Å². The summed E-state index contributed by atoms with van der Waals surface area (Å²) >= 11 is 0. The lowest BCUT2D eigenvalue weighted by Crippen LogP contribution is -2.39. The molecule has 0 radical (unpaired) electrons.